The fourth-order valence-corrected chi connectivity index (χ4v) is 3.21. The van der Waals surface area contributed by atoms with Crippen LogP contribution in [-0.4, -0.2) is 44.9 Å². The Morgan fingerprint density at radius 3 is 3.00 bits per heavy atom. The van der Waals surface area contributed by atoms with Crippen LogP contribution in [0.3, 0.4) is 0 Å². The summed E-state index contributed by atoms with van der Waals surface area (Å²) >= 11 is 6.98. The maximum atomic E-state index is 11.6. The van der Waals surface area contributed by atoms with Gasteiger partial charge in [-0.1, -0.05) is 12.2 Å². The fourth-order valence-electron chi connectivity index (χ4n) is 1.85. The van der Waals surface area contributed by atoms with E-state index in [1.165, 1.54) is 16.7 Å². The highest BCUT2D eigenvalue weighted by Crippen LogP contribution is 2.39. The lowest BCUT2D eigenvalue weighted by atomic mass is 10.0. The van der Waals surface area contributed by atoms with Gasteiger partial charge in [-0.15, -0.1) is 23.4 Å². The Morgan fingerprint density at radius 1 is 1.71 bits per heavy atom. The predicted octanol–water partition coefficient (Wildman–Crippen LogP) is 0.362. The van der Waals surface area contributed by atoms with Gasteiger partial charge in [0.25, 0.3) is 0 Å². The van der Waals surface area contributed by atoms with Crippen LogP contribution in [0.1, 0.15) is 0 Å². The molecule has 2 rings (SSSR count). The molecule has 0 aromatic heterocycles. The van der Waals surface area contributed by atoms with Crippen LogP contribution in [0, 0.1) is 0 Å². The van der Waals surface area contributed by atoms with E-state index in [0.29, 0.717) is 17.2 Å². The van der Waals surface area contributed by atoms with Gasteiger partial charge in [0.1, 0.15) is 17.1 Å². The van der Waals surface area contributed by atoms with Crippen molar-refractivity contribution in [1.29, 1.82) is 0 Å². The summed E-state index contributed by atoms with van der Waals surface area (Å²) in [4.78, 5) is 24.0. The van der Waals surface area contributed by atoms with E-state index in [1.54, 1.807) is 12.2 Å². The van der Waals surface area contributed by atoms with Gasteiger partial charge in [-0.3, -0.25) is 9.69 Å². The number of aliphatic carboxylic acids is 1. The Labute approximate surface area is 107 Å². The highest BCUT2D eigenvalue weighted by molar-refractivity contribution is 8.00. The highest BCUT2D eigenvalue weighted by atomic mass is 35.5. The summed E-state index contributed by atoms with van der Waals surface area (Å²) in [7, 11) is 0. The SMILES string of the molecule is NC1C(=O)N2C(C(=O)O)=C(C=CCCl)CS[C@H]12. The number of nitrogens with two attached hydrogens (primary N) is 1. The number of amides is 1. The van der Waals surface area contributed by atoms with Crippen LogP contribution < -0.4 is 5.73 Å². The van der Waals surface area contributed by atoms with E-state index < -0.39 is 12.0 Å². The fraction of sp³-hybridized carbons (Fsp3) is 0.400. The lowest BCUT2D eigenvalue weighted by molar-refractivity contribution is -0.147. The topological polar surface area (TPSA) is 83.6 Å². The Bertz CT molecular complexity index is 435. The third-order valence-electron chi connectivity index (χ3n) is 2.65. The molecule has 1 saturated heterocycles. The molecular weight excluding hydrogens is 264 g/mol. The number of hydrogen-bond acceptors (Lipinski definition) is 4. The number of carbonyl (C=O) groups is 2. The van der Waals surface area contributed by atoms with Crippen molar-refractivity contribution in [2.45, 2.75) is 11.4 Å². The normalized spacial score (nSPS) is 28.4. The van der Waals surface area contributed by atoms with E-state index in [9.17, 15) is 9.59 Å². The van der Waals surface area contributed by atoms with Gasteiger partial charge in [-0.25, -0.2) is 4.79 Å². The molecule has 2 atom stereocenters. The summed E-state index contributed by atoms with van der Waals surface area (Å²) in [5, 5.41) is 8.92. The number of alkyl halides is 1. The summed E-state index contributed by atoms with van der Waals surface area (Å²) < 4.78 is 0. The average Bonchev–Trinajstić information content (AvgIpc) is 2.33. The second-order valence-corrected chi connectivity index (χ2v) is 5.08. The van der Waals surface area contributed by atoms with E-state index >= 15 is 0 Å². The predicted molar refractivity (Wildman–Crippen MR) is 65.6 cm³/mol. The van der Waals surface area contributed by atoms with E-state index in [4.69, 9.17) is 22.4 Å². The number of thioether (sulfide) groups is 1. The first-order valence-electron chi connectivity index (χ1n) is 4.97. The standard InChI is InChI=1S/C10H11ClN2O3S/c11-3-1-2-5-4-17-9-6(12)8(14)13(9)7(5)10(15)16/h1-2,6,9H,3-4,12H2,(H,15,16)/t6?,9-/m1/s1. The van der Waals surface area contributed by atoms with E-state index in [0.717, 1.165) is 0 Å². The van der Waals surface area contributed by atoms with Crippen molar-refractivity contribution in [2.75, 3.05) is 11.6 Å². The number of halogens is 1. The zero-order chi connectivity index (χ0) is 12.6. The van der Waals surface area contributed by atoms with Crippen molar-refractivity contribution >= 4 is 35.2 Å². The summed E-state index contributed by atoms with van der Waals surface area (Å²) in [6.45, 7) is 0. The molecule has 7 heteroatoms. The first kappa shape index (κ1) is 12.5. The van der Waals surface area contributed by atoms with Gasteiger partial charge < -0.3 is 10.8 Å². The average molecular weight is 275 g/mol. The first-order chi connectivity index (χ1) is 8.07. The molecule has 0 radical (unpaired) electrons. The molecule has 2 aliphatic heterocycles. The van der Waals surface area contributed by atoms with Gasteiger partial charge in [0, 0.05) is 11.6 Å². The van der Waals surface area contributed by atoms with Gasteiger partial charge in [0.15, 0.2) is 0 Å². The van der Waals surface area contributed by atoms with Crippen molar-refractivity contribution < 1.29 is 14.7 Å². The van der Waals surface area contributed by atoms with E-state index in [2.05, 4.69) is 0 Å². The van der Waals surface area contributed by atoms with Gasteiger partial charge >= 0.3 is 5.97 Å². The third-order valence-corrected chi connectivity index (χ3v) is 4.15. The number of nitrogens with zero attached hydrogens (tertiary/aromatic N) is 1. The van der Waals surface area contributed by atoms with Crippen LogP contribution in [0.4, 0.5) is 0 Å². The smallest absolute Gasteiger partial charge is 0.352 e. The Hall–Kier alpha value is -0.980. The molecule has 0 bridgehead atoms. The molecule has 2 heterocycles. The Morgan fingerprint density at radius 2 is 2.41 bits per heavy atom. The number of carboxylic acid groups (broad SMARTS) is 1. The zero-order valence-electron chi connectivity index (χ0n) is 8.80. The van der Waals surface area contributed by atoms with Crippen molar-refractivity contribution in [3.05, 3.63) is 23.4 Å². The first-order valence-corrected chi connectivity index (χ1v) is 6.55. The third kappa shape index (κ3) is 1.96. The highest BCUT2D eigenvalue weighted by Gasteiger charge is 2.51. The maximum absolute atomic E-state index is 11.6. The summed E-state index contributed by atoms with van der Waals surface area (Å²) in [5.41, 5.74) is 6.24. The van der Waals surface area contributed by atoms with E-state index in [-0.39, 0.29) is 17.0 Å². The second kappa shape index (κ2) is 4.72. The molecule has 0 spiro atoms. The van der Waals surface area contributed by atoms with Crippen molar-refractivity contribution in [1.82, 2.24) is 4.90 Å². The van der Waals surface area contributed by atoms with Gasteiger partial charge in [0.2, 0.25) is 5.91 Å². The van der Waals surface area contributed by atoms with Crippen LogP contribution in [0.15, 0.2) is 23.4 Å². The Kier molecular flexibility index (Phi) is 3.46. The van der Waals surface area contributed by atoms with Crippen molar-refractivity contribution in [3.63, 3.8) is 0 Å². The minimum absolute atomic E-state index is 0.0295. The number of rotatable bonds is 3. The number of hydrogen-bond donors (Lipinski definition) is 2. The number of carbonyl (C=O) groups excluding carboxylic acids is 1. The number of β-lactam (4-membered cyclic amide) rings is 1. The molecule has 0 aliphatic carbocycles. The summed E-state index contributed by atoms with van der Waals surface area (Å²) in [5.74, 6) is -0.615. The van der Waals surface area contributed by atoms with Crippen LogP contribution in [0.2, 0.25) is 0 Å². The Balaban J connectivity index is 2.36. The largest absolute Gasteiger partial charge is 0.477 e. The molecule has 0 saturated carbocycles. The molecule has 0 aromatic rings. The van der Waals surface area contributed by atoms with Crippen LogP contribution in [-0.2, 0) is 9.59 Å². The molecule has 5 nitrogen and oxygen atoms in total. The monoisotopic (exact) mass is 274 g/mol. The molecule has 0 aromatic carbocycles. The van der Waals surface area contributed by atoms with Gasteiger partial charge in [-0.2, -0.15) is 0 Å². The van der Waals surface area contributed by atoms with Crippen LogP contribution in [0.5, 0.6) is 0 Å². The summed E-state index contributed by atoms with van der Waals surface area (Å²) in [6, 6.07) is -0.590. The minimum atomic E-state index is -1.11. The molecule has 92 valence electrons. The van der Waals surface area contributed by atoms with Crippen molar-refractivity contribution in [3.8, 4) is 0 Å². The van der Waals surface area contributed by atoms with E-state index in [1.807, 2.05) is 0 Å². The molecule has 1 unspecified atom stereocenters. The van der Waals surface area contributed by atoms with Gasteiger partial charge in [-0.05, 0) is 5.57 Å². The van der Waals surface area contributed by atoms with Crippen LogP contribution >= 0.6 is 23.4 Å². The quantitative estimate of drug-likeness (QED) is 0.574. The number of carboxylic acids is 1. The van der Waals surface area contributed by atoms with Crippen LogP contribution in [0.25, 0.3) is 0 Å². The molecule has 1 fully saturated rings. The summed E-state index contributed by atoms with van der Waals surface area (Å²) in [6.07, 6.45) is 3.31. The maximum Gasteiger partial charge on any atom is 0.352 e. The molecule has 1 amide bonds. The van der Waals surface area contributed by atoms with Gasteiger partial charge in [0.05, 0.1) is 0 Å². The molecule has 3 N–H and O–H groups in total. The molecular formula is C10H11ClN2O3S. The number of fused-ring (bicyclic) bond motifs is 1. The molecule has 17 heavy (non-hydrogen) atoms. The molecule has 2 aliphatic rings. The lowest BCUT2D eigenvalue weighted by Crippen LogP contribution is -2.68. The minimum Gasteiger partial charge on any atom is -0.477 e. The second-order valence-electron chi connectivity index (χ2n) is 3.67. The lowest BCUT2D eigenvalue weighted by Gasteiger charge is -2.47. The zero-order valence-corrected chi connectivity index (χ0v) is 10.4. The number of allylic oxidation sites excluding steroid dienone is 2. The van der Waals surface area contributed by atoms with Crippen molar-refractivity contribution in [2.24, 2.45) is 5.73 Å².